The Hall–Kier alpha value is -1.79. The number of thiophene rings is 1. The zero-order valence-corrected chi connectivity index (χ0v) is 14.3. The average Bonchev–Trinajstić information content (AvgIpc) is 2.88. The lowest BCUT2D eigenvalue weighted by molar-refractivity contribution is 0.0531. The summed E-state index contributed by atoms with van der Waals surface area (Å²) in [5.41, 5.74) is 1.39. The molecule has 1 heterocycles. The van der Waals surface area contributed by atoms with Gasteiger partial charge < -0.3 is 10.1 Å². The van der Waals surface area contributed by atoms with E-state index >= 15 is 0 Å². The topological polar surface area (TPSA) is 55.4 Å². The highest BCUT2D eigenvalue weighted by Gasteiger charge is 2.16. The monoisotopic (exact) mass is 335 g/mol. The molecule has 0 saturated carbocycles. The second-order valence-electron chi connectivity index (χ2n) is 4.53. The van der Waals surface area contributed by atoms with Crippen LogP contribution in [0.25, 0.3) is 0 Å². The highest BCUT2D eigenvalue weighted by atomic mass is 32.2. The van der Waals surface area contributed by atoms with Crippen LogP contribution in [0.4, 0.5) is 5.00 Å². The number of thioether (sulfide) groups is 1. The van der Waals surface area contributed by atoms with Crippen LogP contribution >= 0.6 is 23.1 Å². The van der Waals surface area contributed by atoms with Crippen molar-refractivity contribution >= 4 is 40.0 Å². The first-order chi connectivity index (χ1) is 10.5. The number of rotatable bonds is 5. The summed E-state index contributed by atoms with van der Waals surface area (Å²) in [7, 11) is 0. The Kier molecular flexibility index (Phi) is 5.63. The second kappa shape index (κ2) is 7.47. The Morgan fingerprint density at radius 1 is 1.27 bits per heavy atom. The number of aryl methyl sites for hydroxylation is 1. The second-order valence-corrected chi connectivity index (χ2v) is 6.46. The maximum Gasteiger partial charge on any atom is 0.348 e. The molecular weight excluding hydrogens is 318 g/mol. The third kappa shape index (κ3) is 3.90. The predicted molar refractivity (Wildman–Crippen MR) is 91.2 cm³/mol. The van der Waals surface area contributed by atoms with Crippen LogP contribution in [0.15, 0.2) is 35.2 Å². The van der Waals surface area contributed by atoms with Crippen molar-refractivity contribution in [3.05, 3.63) is 46.3 Å². The largest absolute Gasteiger partial charge is 0.462 e. The highest BCUT2D eigenvalue weighted by Crippen LogP contribution is 2.28. The van der Waals surface area contributed by atoms with E-state index in [4.69, 9.17) is 4.74 Å². The SMILES string of the molecule is CCOC(=O)c1sc(NC(=O)c2ccc(SC)cc2)cc1C. The molecule has 0 aliphatic rings. The van der Waals surface area contributed by atoms with Crippen molar-refractivity contribution in [2.24, 2.45) is 0 Å². The molecule has 0 bridgehead atoms. The predicted octanol–water partition coefficient (Wildman–Crippen LogP) is 4.21. The summed E-state index contributed by atoms with van der Waals surface area (Å²) < 4.78 is 4.99. The lowest BCUT2D eigenvalue weighted by atomic mass is 10.2. The highest BCUT2D eigenvalue weighted by molar-refractivity contribution is 7.98. The van der Waals surface area contributed by atoms with Gasteiger partial charge in [0.25, 0.3) is 5.91 Å². The first-order valence-electron chi connectivity index (χ1n) is 6.78. The fourth-order valence-electron chi connectivity index (χ4n) is 1.87. The van der Waals surface area contributed by atoms with Crippen molar-refractivity contribution in [2.45, 2.75) is 18.7 Å². The Bertz CT molecular complexity index is 677. The third-order valence-electron chi connectivity index (χ3n) is 2.97. The molecule has 0 fully saturated rings. The van der Waals surface area contributed by atoms with Crippen molar-refractivity contribution in [3.8, 4) is 0 Å². The normalized spacial score (nSPS) is 10.3. The van der Waals surface area contributed by atoms with Crippen LogP contribution in [0.2, 0.25) is 0 Å². The van der Waals surface area contributed by atoms with Gasteiger partial charge in [-0.2, -0.15) is 0 Å². The van der Waals surface area contributed by atoms with Crippen LogP contribution in [-0.2, 0) is 4.74 Å². The first kappa shape index (κ1) is 16.6. The van der Waals surface area contributed by atoms with Crippen LogP contribution in [-0.4, -0.2) is 24.7 Å². The number of hydrogen-bond donors (Lipinski definition) is 1. The van der Waals surface area contributed by atoms with E-state index in [1.54, 1.807) is 36.9 Å². The van der Waals surface area contributed by atoms with Gasteiger partial charge in [-0.15, -0.1) is 23.1 Å². The molecule has 2 rings (SSSR count). The van der Waals surface area contributed by atoms with Crippen molar-refractivity contribution in [2.75, 3.05) is 18.2 Å². The van der Waals surface area contributed by atoms with E-state index in [0.717, 1.165) is 10.5 Å². The average molecular weight is 335 g/mol. The van der Waals surface area contributed by atoms with Gasteiger partial charge in [0.15, 0.2) is 0 Å². The van der Waals surface area contributed by atoms with Crippen molar-refractivity contribution in [3.63, 3.8) is 0 Å². The Balaban J connectivity index is 2.11. The minimum atomic E-state index is -0.352. The van der Waals surface area contributed by atoms with Gasteiger partial charge >= 0.3 is 5.97 Å². The molecule has 6 heteroatoms. The number of esters is 1. The molecule has 0 spiro atoms. The van der Waals surface area contributed by atoms with E-state index in [9.17, 15) is 9.59 Å². The molecule has 1 N–H and O–H groups in total. The fourth-order valence-corrected chi connectivity index (χ4v) is 3.24. The summed E-state index contributed by atoms with van der Waals surface area (Å²) in [6.07, 6.45) is 1.99. The number of carbonyl (C=O) groups is 2. The van der Waals surface area contributed by atoms with E-state index in [1.807, 2.05) is 25.3 Å². The molecule has 0 radical (unpaired) electrons. The molecule has 1 amide bonds. The maximum absolute atomic E-state index is 12.2. The molecular formula is C16H17NO3S2. The molecule has 0 aliphatic carbocycles. The van der Waals surface area contributed by atoms with Gasteiger partial charge in [0, 0.05) is 10.5 Å². The number of benzene rings is 1. The number of nitrogens with one attached hydrogen (secondary N) is 1. The van der Waals surface area contributed by atoms with Crippen molar-refractivity contribution in [1.82, 2.24) is 0 Å². The summed E-state index contributed by atoms with van der Waals surface area (Å²) in [5.74, 6) is -0.542. The van der Waals surface area contributed by atoms with Gasteiger partial charge in [-0.05, 0) is 56.0 Å². The van der Waals surface area contributed by atoms with Crippen LogP contribution in [0.1, 0.15) is 32.5 Å². The van der Waals surface area contributed by atoms with Crippen LogP contribution < -0.4 is 5.32 Å². The van der Waals surface area contributed by atoms with Crippen molar-refractivity contribution < 1.29 is 14.3 Å². The summed E-state index contributed by atoms with van der Waals surface area (Å²) in [4.78, 5) is 25.6. The molecule has 0 aliphatic heterocycles. The smallest absolute Gasteiger partial charge is 0.348 e. The van der Waals surface area contributed by atoms with Crippen LogP contribution in [0, 0.1) is 6.92 Å². The molecule has 116 valence electrons. The van der Waals surface area contributed by atoms with E-state index in [1.165, 1.54) is 11.3 Å². The number of carbonyl (C=O) groups excluding carboxylic acids is 2. The van der Waals surface area contributed by atoms with Gasteiger partial charge in [-0.3, -0.25) is 4.79 Å². The number of ether oxygens (including phenoxy) is 1. The summed E-state index contributed by atoms with van der Waals surface area (Å²) in [5, 5.41) is 3.46. The molecule has 2 aromatic rings. The lowest BCUT2D eigenvalue weighted by Gasteiger charge is -2.03. The number of anilines is 1. The Labute approximate surface area is 137 Å². The Morgan fingerprint density at radius 2 is 1.95 bits per heavy atom. The standard InChI is InChI=1S/C16H17NO3S2/c1-4-20-16(19)14-10(2)9-13(22-14)17-15(18)11-5-7-12(21-3)8-6-11/h5-9H,4H2,1-3H3,(H,17,18). The van der Waals surface area contributed by atoms with E-state index in [-0.39, 0.29) is 11.9 Å². The molecule has 1 aromatic carbocycles. The van der Waals surface area contributed by atoms with Gasteiger partial charge in [0.2, 0.25) is 0 Å². The summed E-state index contributed by atoms with van der Waals surface area (Å²) >= 11 is 2.85. The summed E-state index contributed by atoms with van der Waals surface area (Å²) in [6.45, 7) is 3.92. The first-order valence-corrected chi connectivity index (χ1v) is 8.82. The molecule has 4 nitrogen and oxygen atoms in total. The van der Waals surface area contributed by atoms with E-state index < -0.39 is 0 Å². The quantitative estimate of drug-likeness (QED) is 0.657. The van der Waals surface area contributed by atoms with Crippen LogP contribution in [0.5, 0.6) is 0 Å². The van der Waals surface area contributed by atoms with Crippen LogP contribution in [0.3, 0.4) is 0 Å². The van der Waals surface area contributed by atoms with Gasteiger partial charge in [-0.25, -0.2) is 4.79 Å². The molecule has 0 atom stereocenters. The van der Waals surface area contributed by atoms with Gasteiger partial charge in [0.05, 0.1) is 11.6 Å². The van der Waals surface area contributed by atoms with Gasteiger partial charge in [0.1, 0.15) is 4.88 Å². The molecule has 0 unspecified atom stereocenters. The van der Waals surface area contributed by atoms with Crippen molar-refractivity contribution in [1.29, 1.82) is 0 Å². The maximum atomic E-state index is 12.2. The Morgan fingerprint density at radius 3 is 2.55 bits per heavy atom. The van der Waals surface area contributed by atoms with E-state index in [0.29, 0.717) is 22.0 Å². The summed E-state index contributed by atoms with van der Waals surface area (Å²) in [6, 6.07) is 9.17. The zero-order chi connectivity index (χ0) is 16.1. The molecule has 0 saturated heterocycles. The van der Waals surface area contributed by atoms with Gasteiger partial charge in [-0.1, -0.05) is 0 Å². The lowest BCUT2D eigenvalue weighted by Crippen LogP contribution is -2.10. The minimum Gasteiger partial charge on any atom is -0.462 e. The third-order valence-corrected chi connectivity index (χ3v) is 4.84. The minimum absolute atomic E-state index is 0.190. The zero-order valence-electron chi connectivity index (χ0n) is 12.6. The molecule has 22 heavy (non-hydrogen) atoms. The fraction of sp³-hybridized carbons (Fsp3) is 0.250. The number of amides is 1. The number of hydrogen-bond acceptors (Lipinski definition) is 5. The van der Waals surface area contributed by atoms with E-state index in [2.05, 4.69) is 5.32 Å². The molecule has 1 aromatic heterocycles.